The summed E-state index contributed by atoms with van der Waals surface area (Å²) in [6.07, 6.45) is 0.700. The Labute approximate surface area is 116 Å². The average Bonchev–Trinajstić information content (AvgIpc) is 3.08. The number of hydrogen-bond acceptors (Lipinski definition) is 5. The minimum Gasteiger partial charge on any atom is -0.454 e. The second kappa shape index (κ2) is 5.13. The number of Topliss-reactive ketones (excluding diaryl/α,β-unsaturated/α-hetero) is 1. The molecule has 0 aromatic heterocycles. The standard InChI is InChI=1S/C14H15NO5/c1-8(16)10-4-12-13(20-7-19-12)5-11(10)15-14(17)9-2-3-18-6-9/h4-5,9H,2-3,6-7H2,1H3,(H,15,17). The van der Waals surface area contributed by atoms with Crippen LogP contribution in [-0.4, -0.2) is 31.7 Å². The summed E-state index contributed by atoms with van der Waals surface area (Å²) in [6, 6.07) is 3.23. The lowest BCUT2D eigenvalue weighted by Crippen LogP contribution is -2.23. The Balaban J connectivity index is 1.87. The number of nitrogens with one attached hydrogen (secondary N) is 1. The third-order valence-corrected chi connectivity index (χ3v) is 3.45. The van der Waals surface area contributed by atoms with Crippen LogP contribution in [0.3, 0.4) is 0 Å². The molecule has 1 aromatic carbocycles. The molecule has 1 atom stereocenters. The third kappa shape index (κ3) is 2.34. The molecule has 6 nitrogen and oxygen atoms in total. The fourth-order valence-electron chi connectivity index (χ4n) is 2.31. The van der Waals surface area contributed by atoms with Crippen molar-refractivity contribution in [2.24, 2.45) is 5.92 Å². The second-order valence-corrected chi connectivity index (χ2v) is 4.86. The summed E-state index contributed by atoms with van der Waals surface area (Å²) in [5, 5.41) is 2.79. The molecule has 1 fully saturated rings. The van der Waals surface area contributed by atoms with Crippen molar-refractivity contribution >= 4 is 17.4 Å². The number of ether oxygens (including phenoxy) is 3. The number of anilines is 1. The van der Waals surface area contributed by atoms with Crippen molar-refractivity contribution in [1.82, 2.24) is 0 Å². The lowest BCUT2D eigenvalue weighted by molar-refractivity contribution is -0.119. The Morgan fingerprint density at radius 3 is 2.65 bits per heavy atom. The predicted octanol–water partition coefficient (Wildman–Crippen LogP) is 1.59. The molecular weight excluding hydrogens is 262 g/mol. The van der Waals surface area contributed by atoms with Gasteiger partial charge in [-0.25, -0.2) is 0 Å². The molecule has 1 unspecified atom stereocenters. The number of rotatable bonds is 3. The van der Waals surface area contributed by atoms with E-state index in [2.05, 4.69) is 5.32 Å². The van der Waals surface area contributed by atoms with Gasteiger partial charge >= 0.3 is 0 Å². The summed E-state index contributed by atoms with van der Waals surface area (Å²) in [6.45, 7) is 2.59. The smallest absolute Gasteiger partial charge is 0.231 e. The van der Waals surface area contributed by atoms with E-state index in [1.165, 1.54) is 6.92 Å². The van der Waals surface area contributed by atoms with Gasteiger partial charge in [0.15, 0.2) is 17.3 Å². The molecule has 0 bridgehead atoms. The first-order valence-corrected chi connectivity index (χ1v) is 6.48. The van der Waals surface area contributed by atoms with E-state index in [1.54, 1.807) is 12.1 Å². The highest BCUT2D eigenvalue weighted by Gasteiger charge is 2.26. The largest absolute Gasteiger partial charge is 0.454 e. The van der Waals surface area contributed by atoms with Gasteiger partial charge in [-0.15, -0.1) is 0 Å². The molecule has 6 heteroatoms. The molecule has 2 aliphatic heterocycles. The van der Waals surface area contributed by atoms with Crippen LogP contribution in [0.5, 0.6) is 11.5 Å². The highest BCUT2D eigenvalue weighted by molar-refractivity contribution is 6.05. The molecule has 1 saturated heterocycles. The minimum atomic E-state index is -0.166. The molecule has 1 aromatic rings. The van der Waals surface area contributed by atoms with Crippen molar-refractivity contribution in [2.45, 2.75) is 13.3 Å². The van der Waals surface area contributed by atoms with E-state index in [0.29, 0.717) is 42.4 Å². The zero-order valence-electron chi connectivity index (χ0n) is 11.1. The highest BCUT2D eigenvalue weighted by Crippen LogP contribution is 2.37. The fourth-order valence-corrected chi connectivity index (χ4v) is 2.31. The topological polar surface area (TPSA) is 73.9 Å². The van der Waals surface area contributed by atoms with Gasteiger partial charge < -0.3 is 19.5 Å². The number of amides is 1. The Hall–Kier alpha value is -2.08. The Morgan fingerprint density at radius 2 is 2.00 bits per heavy atom. The molecule has 0 radical (unpaired) electrons. The van der Waals surface area contributed by atoms with Crippen LogP contribution >= 0.6 is 0 Å². The number of carbonyl (C=O) groups is 2. The molecule has 20 heavy (non-hydrogen) atoms. The van der Waals surface area contributed by atoms with E-state index in [9.17, 15) is 9.59 Å². The highest BCUT2D eigenvalue weighted by atomic mass is 16.7. The quantitative estimate of drug-likeness (QED) is 0.849. The first-order chi connectivity index (χ1) is 9.65. The van der Waals surface area contributed by atoms with E-state index in [1.807, 2.05) is 0 Å². The Kier molecular flexibility index (Phi) is 3.31. The van der Waals surface area contributed by atoms with Gasteiger partial charge in [0.05, 0.1) is 18.2 Å². The Bertz CT molecular complexity index is 563. The van der Waals surface area contributed by atoms with Crippen molar-refractivity contribution in [3.05, 3.63) is 17.7 Å². The van der Waals surface area contributed by atoms with Crippen molar-refractivity contribution in [3.8, 4) is 11.5 Å². The molecule has 106 valence electrons. The molecule has 3 rings (SSSR count). The SMILES string of the molecule is CC(=O)c1cc2c(cc1NC(=O)C1CCOC1)OCO2. The molecule has 2 aliphatic rings. The van der Waals surface area contributed by atoms with E-state index in [4.69, 9.17) is 14.2 Å². The summed E-state index contributed by atoms with van der Waals surface area (Å²) in [7, 11) is 0. The summed E-state index contributed by atoms with van der Waals surface area (Å²) in [5.74, 6) is 0.621. The van der Waals surface area contributed by atoms with Crippen LogP contribution in [0.15, 0.2) is 12.1 Å². The fraction of sp³-hybridized carbons (Fsp3) is 0.429. The van der Waals surface area contributed by atoms with Gasteiger partial charge in [0, 0.05) is 18.2 Å². The van der Waals surface area contributed by atoms with Gasteiger partial charge in [0.2, 0.25) is 12.7 Å². The molecule has 2 heterocycles. The predicted molar refractivity (Wildman–Crippen MR) is 70.1 cm³/mol. The van der Waals surface area contributed by atoms with Gasteiger partial charge in [-0.3, -0.25) is 9.59 Å². The number of benzene rings is 1. The Morgan fingerprint density at radius 1 is 1.25 bits per heavy atom. The monoisotopic (exact) mass is 277 g/mol. The summed E-state index contributed by atoms with van der Waals surface area (Å²) in [4.78, 5) is 23.8. The van der Waals surface area contributed by atoms with Crippen molar-refractivity contribution in [3.63, 3.8) is 0 Å². The summed E-state index contributed by atoms with van der Waals surface area (Å²) in [5.41, 5.74) is 0.875. The molecule has 1 N–H and O–H groups in total. The third-order valence-electron chi connectivity index (χ3n) is 3.45. The zero-order chi connectivity index (χ0) is 14.1. The molecular formula is C14H15NO5. The van der Waals surface area contributed by atoms with E-state index in [0.717, 1.165) is 0 Å². The number of ketones is 1. The average molecular weight is 277 g/mol. The van der Waals surface area contributed by atoms with Crippen molar-refractivity contribution in [2.75, 3.05) is 25.3 Å². The van der Waals surface area contributed by atoms with E-state index in [-0.39, 0.29) is 24.4 Å². The van der Waals surface area contributed by atoms with Crippen LogP contribution < -0.4 is 14.8 Å². The van der Waals surface area contributed by atoms with E-state index >= 15 is 0 Å². The van der Waals surface area contributed by atoms with Gasteiger partial charge in [-0.1, -0.05) is 0 Å². The van der Waals surface area contributed by atoms with Crippen LogP contribution in [0.2, 0.25) is 0 Å². The van der Waals surface area contributed by atoms with Crippen LogP contribution in [0.4, 0.5) is 5.69 Å². The normalized spacial score (nSPS) is 19.9. The van der Waals surface area contributed by atoms with E-state index < -0.39 is 0 Å². The minimum absolute atomic E-state index is 0.126. The van der Waals surface area contributed by atoms with Crippen molar-refractivity contribution in [1.29, 1.82) is 0 Å². The summed E-state index contributed by atoms with van der Waals surface area (Å²) < 4.78 is 15.7. The van der Waals surface area contributed by atoms with Gasteiger partial charge in [0.25, 0.3) is 0 Å². The first kappa shape index (κ1) is 12.9. The zero-order valence-corrected chi connectivity index (χ0v) is 11.1. The maximum atomic E-state index is 12.1. The van der Waals surface area contributed by atoms with Gasteiger partial charge in [-0.05, 0) is 19.4 Å². The van der Waals surface area contributed by atoms with Gasteiger partial charge in [0.1, 0.15) is 0 Å². The maximum Gasteiger partial charge on any atom is 0.231 e. The van der Waals surface area contributed by atoms with Crippen LogP contribution in [-0.2, 0) is 9.53 Å². The van der Waals surface area contributed by atoms with Crippen molar-refractivity contribution < 1.29 is 23.8 Å². The first-order valence-electron chi connectivity index (χ1n) is 6.48. The van der Waals surface area contributed by atoms with Crippen LogP contribution in [0, 0.1) is 5.92 Å². The number of hydrogen-bond donors (Lipinski definition) is 1. The van der Waals surface area contributed by atoms with Crippen LogP contribution in [0.1, 0.15) is 23.7 Å². The van der Waals surface area contributed by atoms with Crippen LogP contribution in [0.25, 0.3) is 0 Å². The molecule has 1 amide bonds. The lowest BCUT2D eigenvalue weighted by atomic mass is 10.1. The lowest BCUT2D eigenvalue weighted by Gasteiger charge is -2.13. The number of carbonyl (C=O) groups excluding carboxylic acids is 2. The van der Waals surface area contributed by atoms with Gasteiger partial charge in [-0.2, -0.15) is 0 Å². The molecule has 0 spiro atoms. The number of fused-ring (bicyclic) bond motifs is 1. The molecule has 0 aliphatic carbocycles. The second-order valence-electron chi connectivity index (χ2n) is 4.86. The maximum absolute atomic E-state index is 12.1. The summed E-state index contributed by atoms with van der Waals surface area (Å²) >= 11 is 0. The molecule has 0 saturated carbocycles.